The molecule has 19 atom stereocenters. The van der Waals surface area contributed by atoms with Crippen LogP contribution in [0.5, 0.6) is 46.0 Å². The highest BCUT2D eigenvalue weighted by Crippen LogP contribution is 2.72. The van der Waals surface area contributed by atoms with Crippen LogP contribution in [0, 0.1) is 25.7 Å². The van der Waals surface area contributed by atoms with Crippen molar-refractivity contribution in [3.63, 3.8) is 0 Å². The van der Waals surface area contributed by atoms with Crippen LogP contribution in [0.2, 0.25) is 0 Å². The normalized spacial score (nSPS) is 29.7. The van der Waals surface area contributed by atoms with Gasteiger partial charge in [0.1, 0.15) is 82.6 Å². The average molecular weight is 1580 g/mol. The van der Waals surface area contributed by atoms with Gasteiger partial charge >= 0.3 is 11.9 Å². The summed E-state index contributed by atoms with van der Waals surface area (Å²) in [6.45, 7) is 3.92. The Labute approximate surface area is 659 Å². The van der Waals surface area contributed by atoms with E-state index in [1.807, 2.05) is 91.9 Å². The molecule has 0 spiro atoms. The smallest absolute Gasteiger partial charge is 0.312 e. The van der Waals surface area contributed by atoms with Crippen LogP contribution in [-0.4, -0.2) is 202 Å². The second-order valence-corrected chi connectivity index (χ2v) is 28.3. The van der Waals surface area contributed by atoms with Crippen molar-refractivity contribution in [2.75, 3.05) is 97.5 Å². The van der Waals surface area contributed by atoms with E-state index < -0.39 is 133 Å². The van der Waals surface area contributed by atoms with E-state index in [0.717, 1.165) is 16.7 Å². The van der Waals surface area contributed by atoms with Gasteiger partial charge in [-0.25, -0.2) is 0 Å². The first-order valence-corrected chi connectivity index (χ1v) is 37.0. The van der Waals surface area contributed by atoms with E-state index in [1.54, 1.807) is 106 Å². The van der Waals surface area contributed by atoms with Gasteiger partial charge in [-0.2, -0.15) is 0 Å². The Morgan fingerprint density at radius 1 is 0.465 bits per heavy atom. The molecule has 15 rings (SSSR count). The van der Waals surface area contributed by atoms with Crippen molar-refractivity contribution in [1.82, 2.24) is 0 Å². The molecule has 2 saturated carbocycles. The van der Waals surface area contributed by atoms with Crippen LogP contribution in [0.15, 0.2) is 182 Å². The van der Waals surface area contributed by atoms with E-state index >= 15 is 0 Å². The Hall–Kier alpha value is -9.54. The minimum atomic E-state index is -2.25. The summed E-state index contributed by atoms with van der Waals surface area (Å²) in [5, 5.41) is 70.2. The average Bonchev–Trinajstić information content (AvgIpc) is 1.50. The van der Waals surface area contributed by atoms with Crippen LogP contribution in [0.4, 0.5) is 0 Å². The van der Waals surface area contributed by atoms with E-state index in [2.05, 4.69) is 6.92 Å². The lowest BCUT2D eigenvalue weighted by molar-refractivity contribution is -0.324. The van der Waals surface area contributed by atoms with Crippen molar-refractivity contribution in [3.05, 3.63) is 238 Å². The number of fused-ring (bicyclic) bond motifs is 6. The highest BCUT2D eigenvalue weighted by molar-refractivity contribution is 5.80. The third-order valence-electron chi connectivity index (χ3n) is 22.1. The monoisotopic (exact) mass is 1580 g/mol. The summed E-state index contributed by atoms with van der Waals surface area (Å²) in [6, 6.07) is 54.1. The van der Waals surface area contributed by atoms with Gasteiger partial charge in [0.05, 0.1) is 92.0 Å². The fourth-order valence-electron chi connectivity index (χ4n) is 16.7. The van der Waals surface area contributed by atoms with E-state index in [-0.39, 0.29) is 71.7 Å². The fourth-order valence-corrected chi connectivity index (χ4v) is 16.7. The summed E-state index contributed by atoms with van der Waals surface area (Å²) >= 11 is 0. The highest BCUT2D eigenvalue weighted by atomic mass is 16.8. The maximum atomic E-state index is 13.6. The van der Waals surface area contributed by atoms with Gasteiger partial charge in [0.15, 0.2) is 35.0 Å². The van der Waals surface area contributed by atoms with Crippen molar-refractivity contribution in [2.45, 2.75) is 122 Å². The molecule has 3 saturated heterocycles. The van der Waals surface area contributed by atoms with Gasteiger partial charge in [0.2, 0.25) is 12.6 Å². The molecule has 2 aliphatic carbocycles. The molecule has 28 nitrogen and oxygen atoms in total. The Kier molecular flexibility index (Phi) is 25.2. The molecule has 28 heteroatoms. The molecule has 0 aromatic heterocycles. The molecule has 0 radical (unpaired) electrons. The summed E-state index contributed by atoms with van der Waals surface area (Å²) < 4.78 is 117. The molecule has 114 heavy (non-hydrogen) atoms. The number of aliphatic hydroxyl groups is 6. The minimum Gasteiger partial charge on any atom is -0.497 e. The lowest BCUT2D eigenvalue weighted by Gasteiger charge is -2.40. The number of esters is 2. The number of carbonyl (C=O) groups excluding carboxylic acids is 2. The van der Waals surface area contributed by atoms with Crippen molar-refractivity contribution >= 4 is 11.9 Å². The first kappa shape index (κ1) is 82.4. The fraction of sp³-hybridized carbons (Fsp3) is 0.419. The molecule has 6 N–H and O–H groups in total. The second-order valence-electron chi connectivity index (χ2n) is 28.3. The number of rotatable bonds is 23. The molecule has 5 fully saturated rings. The maximum absolute atomic E-state index is 13.6. The van der Waals surface area contributed by atoms with Gasteiger partial charge in [-0.05, 0) is 60.4 Å². The highest BCUT2D eigenvalue weighted by Gasteiger charge is 2.80. The molecule has 8 aromatic carbocycles. The maximum Gasteiger partial charge on any atom is 0.312 e. The van der Waals surface area contributed by atoms with Gasteiger partial charge in [0.25, 0.3) is 12.6 Å². The zero-order valence-corrected chi connectivity index (χ0v) is 65.1. The predicted octanol–water partition coefficient (Wildman–Crippen LogP) is 8.50. The quantitative estimate of drug-likeness (QED) is 0.0258. The molecular weight excluding hydrogens is 1480 g/mol. The van der Waals surface area contributed by atoms with Crippen LogP contribution in [0.3, 0.4) is 0 Å². The largest absolute Gasteiger partial charge is 0.497 e. The summed E-state index contributed by atoms with van der Waals surface area (Å²) in [6.07, 6.45) is -11.5. The van der Waals surface area contributed by atoms with E-state index in [1.165, 1.54) is 67.5 Å². The zero-order chi connectivity index (χ0) is 81.0. The first-order valence-electron chi connectivity index (χ1n) is 37.0. The molecule has 608 valence electrons. The minimum absolute atomic E-state index is 0.0474. The van der Waals surface area contributed by atoms with Gasteiger partial charge in [-0.1, -0.05) is 145 Å². The number of aliphatic hydroxyl groups excluding tert-OH is 4. The molecule has 7 aliphatic rings. The SMILES string of the molecule is COC(=O)[C@H]1[C@@H](O)[C@@]2(O)c3c(OC)cc(OC4O[C@@H]([C@H](O)CO)CO[C@H]4OC)cc3O[C@@]2(c2ccc(OC)cc2)[C@@H]1c1ccccc1.COC(=O)[C@H]1[C@@H](O)[C@@]2(O)c3c(OC)cc(OC4O[C@@H]([C@H]5COC(c6ccc(C)cc6)O5)CO[C@H]4OC)cc3O[C@@]2(c2ccc(OC)cc2)[C@@H]1c1ccccc1.COC(OC)c1ccc(C)cc1. The number of hydrogen-bond donors (Lipinski definition) is 6. The van der Waals surface area contributed by atoms with Crippen molar-refractivity contribution in [1.29, 1.82) is 0 Å². The Morgan fingerprint density at radius 2 is 0.886 bits per heavy atom. The van der Waals surface area contributed by atoms with Gasteiger partial charge in [-0.3, -0.25) is 9.59 Å². The predicted molar refractivity (Wildman–Crippen MR) is 404 cm³/mol. The van der Waals surface area contributed by atoms with Crippen molar-refractivity contribution < 1.29 is 135 Å². The van der Waals surface area contributed by atoms with Crippen molar-refractivity contribution in [3.8, 4) is 46.0 Å². The zero-order valence-electron chi connectivity index (χ0n) is 65.1. The van der Waals surface area contributed by atoms with Gasteiger partial charge in [0, 0.05) is 75.7 Å². The molecule has 0 amide bonds. The Morgan fingerprint density at radius 3 is 1.30 bits per heavy atom. The Bertz CT molecular complexity index is 4560. The van der Waals surface area contributed by atoms with Gasteiger partial charge in [-0.15, -0.1) is 0 Å². The molecule has 0 bridgehead atoms. The standard InChI is InChI=1S/C42H44O13.C34H38O13.C10H14O2/c1-23-11-13-25(14-12-23)38-50-21-31(53-38)32-22-51-39(49-5)40(54-32)52-28-19-29(47-3)35-30(20-28)55-42(26-15-17-27(46-2)18-16-26)34(24-9-7-6-8-10-24)33(37(44)48-4)36(43)41(35,42)45;1-40-20-12-10-19(11-13-20)34-27(18-8-6-5-7-9-18)26(30(38)42-3)29(37)33(34,39)28-23(41-2)14-21(15-24(28)47-34)45-32-31(43-4)44-17-25(46-32)22(36)16-35;1-8-4-6-9(7-5-8)10(11-2)12-3/h6-20,31-34,36,38-40,43,45H,21-22H2,1-5H3;5-15,22,25-27,29,31-32,35-37,39H,16-17H2,1-4H3;4-7,10H,1-3H3/t31-,32-,33-,34-,36-,38?,39-,40?,41+,42+;22-,25-,26-,27-,29-,31-,32?,33+,34+;/m11./s1. The molecule has 5 aliphatic heterocycles. The lowest BCUT2D eigenvalue weighted by Crippen LogP contribution is -2.52. The summed E-state index contributed by atoms with van der Waals surface area (Å²) in [5.74, 6) is -3.86. The summed E-state index contributed by atoms with van der Waals surface area (Å²) in [4.78, 5) is 27.1. The van der Waals surface area contributed by atoms with Crippen molar-refractivity contribution in [2.24, 2.45) is 11.8 Å². The van der Waals surface area contributed by atoms with Crippen LogP contribution in [-0.2, 0) is 88.8 Å². The van der Waals surface area contributed by atoms with Gasteiger partial charge < -0.3 is 125 Å². The molecule has 8 aromatic rings. The van der Waals surface area contributed by atoms with E-state index in [4.69, 9.17) is 94.7 Å². The van der Waals surface area contributed by atoms with E-state index in [9.17, 15) is 40.2 Å². The number of benzene rings is 8. The lowest BCUT2D eigenvalue weighted by atomic mass is 9.70. The topological polar surface area (TPSA) is 340 Å². The number of ether oxygens (including phenoxy) is 20. The molecule has 3 unspecified atom stereocenters. The van der Waals surface area contributed by atoms with E-state index in [0.29, 0.717) is 33.8 Å². The van der Waals surface area contributed by atoms with Crippen LogP contribution >= 0.6 is 0 Å². The molecule has 5 heterocycles. The Balaban J connectivity index is 0.000000175. The summed E-state index contributed by atoms with van der Waals surface area (Å²) in [5.41, 5.74) is -1.33. The third kappa shape index (κ3) is 14.7. The number of hydrogen-bond acceptors (Lipinski definition) is 28. The van der Waals surface area contributed by atoms with Crippen LogP contribution in [0.25, 0.3) is 0 Å². The molecular formula is C86H96O28. The third-order valence-corrected chi connectivity index (χ3v) is 22.1. The number of methoxy groups -OCH3 is 10. The number of aryl methyl sites for hydroxylation is 2. The second kappa shape index (κ2) is 34.9. The van der Waals surface area contributed by atoms with Crippen LogP contribution in [0.1, 0.15) is 80.1 Å². The first-order chi connectivity index (χ1) is 55.1. The van der Waals surface area contributed by atoms with Crippen LogP contribution < -0.4 is 37.9 Å². The number of carbonyl (C=O) groups is 2. The summed E-state index contributed by atoms with van der Waals surface area (Å²) in [7, 11) is 14.5.